The second kappa shape index (κ2) is 9.14. The molecule has 0 aromatic heterocycles. The van der Waals surface area contributed by atoms with E-state index in [4.69, 9.17) is 9.47 Å². The van der Waals surface area contributed by atoms with Gasteiger partial charge >= 0.3 is 11.8 Å². The minimum Gasteiger partial charge on any atom is -0.494 e. The van der Waals surface area contributed by atoms with Crippen molar-refractivity contribution in [2.75, 3.05) is 25.6 Å². The molecule has 2 N–H and O–H groups in total. The van der Waals surface area contributed by atoms with E-state index in [2.05, 4.69) is 10.6 Å². The molecule has 2 amide bonds. The molecule has 0 heterocycles. The third kappa shape index (κ3) is 5.27. The van der Waals surface area contributed by atoms with E-state index < -0.39 is 23.2 Å². The minimum atomic E-state index is -1.11. The SMILES string of the molecule is CCOc1ccc(NC(=O)C(=O)NC[C@@](C)(OC)c2ccccc2F)cc1. The van der Waals surface area contributed by atoms with Crippen molar-refractivity contribution in [3.05, 3.63) is 59.9 Å². The minimum absolute atomic E-state index is 0.0695. The number of amides is 2. The summed E-state index contributed by atoms with van der Waals surface area (Å²) in [6, 6.07) is 12.8. The van der Waals surface area contributed by atoms with Crippen molar-refractivity contribution in [2.24, 2.45) is 0 Å². The van der Waals surface area contributed by atoms with Crippen molar-refractivity contribution in [2.45, 2.75) is 19.4 Å². The van der Waals surface area contributed by atoms with Crippen molar-refractivity contribution >= 4 is 17.5 Å². The zero-order valence-corrected chi connectivity index (χ0v) is 15.5. The molecule has 0 aliphatic carbocycles. The van der Waals surface area contributed by atoms with Crippen LogP contribution in [-0.4, -0.2) is 32.1 Å². The average molecular weight is 374 g/mol. The molecule has 0 fully saturated rings. The number of methoxy groups -OCH3 is 1. The molecule has 2 aromatic rings. The van der Waals surface area contributed by atoms with Gasteiger partial charge in [-0.3, -0.25) is 9.59 Å². The third-order valence-electron chi connectivity index (χ3n) is 4.11. The number of carbonyl (C=O) groups excluding carboxylic acids is 2. The normalized spacial score (nSPS) is 12.7. The Balaban J connectivity index is 1.97. The molecule has 2 aromatic carbocycles. The molecule has 144 valence electrons. The number of ether oxygens (including phenoxy) is 2. The first kappa shape index (κ1) is 20.4. The molecule has 0 aliphatic heterocycles. The smallest absolute Gasteiger partial charge is 0.313 e. The van der Waals surface area contributed by atoms with Gasteiger partial charge in [-0.2, -0.15) is 0 Å². The van der Waals surface area contributed by atoms with E-state index in [0.29, 0.717) is 23.6 Å². The Morgan fingerprint density at radius 2 is 1.74 bits per heavy atom. The Morgan fingerprint density at radius 3 is 2.33 bits per heavy atom. The molecule has 0 bridgehead atoms. The first-order valence-corrected chi connectivity index (χ1v) is 8.52. The summed E-state index contributed by atoms with van der Waals surface area (Å²) < 4.78 is 24.8. The highest BCUT2D eigenvalue weighted by molar-refractivity contribution is 6.39. The second-order valence-corrected chi connectivity index (χ2v) is 6.01. The molecule has 27 heavy (non-hydrogen) atoms. The molecule has 0 spiro atoms. The number of nitrogens with one attached hydrogen (secondary N) is 2. The number of benzene rings is 2. The van der Waals surface area contributed by atoms with Crippen molar-refractivity contribution in [1.29, 1.82) is 0 Å². The predicted octanol–water partition coefficient (Wildman–Crippen LogP) is 2.84. The van der Waals surface area contributed by atoms with Crippen LogP contribution < -0.4 is 15.4 Å². The van der Waals surface area contributed by atoms with Crippen molar-refractivity contribution in [3.8, 4) is 5.75 Å². The van der Waals surface area contributed by atoms with E-state index in [1.54, 1.807) is 49.4 Å². The van der Waals surface area contributed by atoms with Crippen LogP contribution in [0.15, 0.2) is 48.5 Å². The maximum absolute atomic E-state index is 14.0. The Kier molecular flexibility index (Phi) is 6.90. The Labute approximate surface area is 157 Å². The van der Waals surface area contributed by atoms with Gasteiger partial charge in [0.15, 0.2) is 0 Å². The van der Waals surface area contributed by atoms with Gasteiger partial charge in [0.2, 0.25) is 0 Å². The van der Waals surface area contributed by atoms with Crippen LogP contribution in [0.3, 0.4) is 0 Å². The fourth-order valence-electron chi connectivity index (χ4n) is 2.49. The highest BCUT2D eigenvalue weighted by atomic mass is 19.1. The summed E-state index contributed by atoms with van der Waals surface area (Å²) >= 11 is 0. The lowest BCUT2D eigenvalue weighted by molar-refractivity contribution is -0.137. The van der Waals surface area contributed by atoms with Crippen LogP contribution in [0.2, 0.25) is 0 Å². The largest absolute Gasteiger partial charge is 0.494 e. The predicted molar refractivity (Wildman–Crippen MR) is 100 cm³/mol. The number of halogens is 1. The quantitative estimate of drug-likeness (QED) is 0.731. The fraction of sp³-hybridized carbons (Fsp3) is 0.300. The third-order valence-corrected chi connectivity index (χ3v) is 4.11. The van der Waals surface area contributed by atoms with E-state index in [1.165, 1.54) is 13.2 Å². The molecule has 0 saturated carbocycles. The number of carbonyl (C=O) groups is 2. The maximum Gasteiger partial charge on any atom is 0.313 e. The standard InChI is InChI=1S/C20H23FN2O4/c1-4-27-15-11-9-14(10-12-15)23-19(25)18(24)22-13-20(2,26-3)16-7-5-6-8-17(16)21/h5-12H,4,13H2,1-3H3,(H,22,24)(H,23,25)/t20-/m1/s1. The first-order valence-electron chi connectivity index (χ1n) is 8.52. The summed E-state index contributed by atoms with van der Waals surface area (Å²) in [5, 5.41) is 4.98. The first-order chi connectivity index (χ1) is 12.9. The lowest BCUT2D eigenvalue weighted by Gasteiger charge is -2.29. The molecular formula is C20H23FN2O4. The Bertz CT molecular complexity index is 795. The van der Waals surface area contributed by atoms with Crippen LogP contribution in [0.5, 0.6) is 5.75 Å². The van der Waals surface area contributed by atoms with E-state index in [9.17, 15) is 14.0 Å². The van der Waals surface area contributed by atoms with Gasteiger partial charge in [-0.05, 0) is 44.2 Å². The molecule has 6 nitrogen and oxygen atoms in total. The summed E-state index contributed by atoms with van der Waals surface area (Å²) in [6.45, 7) is 3.97. The summed E-state index contributed by atoms with van der Waals surface area (Å²) in [6.07, 6.45) is 0. The van der Waals surface area contributed by atoms with Crippen LogP contribution >= 0.6 is 0 Å². The van der Waals surface area contributed by atoms with Gasteiger partial charge in [0.05, 0.1) is 13.2 Å². The Morgan fingerprint density at radius 1 is 1.07 bits per heavy atom. The van der Waals surface area contributed by atoms with Gasteiger partial charge in [-0.1, -0.05) is 18.2 Å². The second-order valence-electron chi connectivity index (χ2n) is 6.01. The van der Waals surface area contributed by atoms with E-state index >= 15 is 0 Å². The number of anilines is 1. The summed E-state index contributed by atoms with van der Waals surface area (Å²) in [5.74, 6) is -1.45. The molecule has 0 radical (unpaired) electrons. The topological polar surface area (TPSA) is 76.7 Å². The zero-order chi connectivity index (χ0) is 19.9. The number of hydrogen-bond donors (Lipinski definition) is 2. The monoisotopic (exact) mass is 374 g/mol. The number of rotatable bonds is 7. The van der Waals surface area contributed by atoms with E-state index in [1.807, 2.05) is 6.92 Å². The van der Waals surface area contributed by atoms with Crippen LogP contribution in [0.4, 0.5) is 10.1 Å². The number of hydrogen-bond acceptors (Lipinski definition) is 4. The van der Waals surface area contributed by atoms with Gasteiger partial charge < -0.3 is 20.1 Å². The lowest BCUT2D eigenvalue weighted by Crippen LogP contribution is -2.44. The summed E-state index contributed by atoms with van der Waals surface area (Å²) in [4.78, 5) is 24.2. The summed E-state index contributed by atoms with van der Waals surface area (Å²) in [5.41, 5.74) is -0.359. The fourth-order valence-corrected chi connectivity index (χ4v) is 2.49. The lowest BCUT2D eigenvalue weighted by atomic mass is 9.95. The average Bonchev–Trinajstić information content (AvgIpc) is 2.68. The van der Waals surface area contributed by atoms with Gasteiger partial charge in [0.25, 0.3) is 0 Å². The van der Waals surface area contributed by atoms with Crippen LogP contribution in [0, 0.1) is 5.82 Å². The van der Waals surface area contributed by atoms with Crippen molar-refractivity contribution in [1.82, 2.24) is 5.32 Å². The highest BCUT2D eigenvalue weighted by Gasteiger charge is 2.30. The van der Waals surface area contributed by atoms with Crippen molar-refractivity contribution < 1.29 is 23.5 Å². The zero-order valence-electron chi connectivity index (χ0n) is 15.5. The van der Waals surface area contributed by atoms with Gasteiger partial charge in [-0.15, -0.1) is 0 Å². The van der Waals surface area contributed by atoms with E-state index in [-0.39, 0.29) is 6.54 Å². The van der Waals surface area contributed by atoms with Crippen molar-refractivity contribution in [3.63, 3.8) is 0 Å². The van der Waals surface area contributed by atoms with Gasteiger partial charge in [0.1, 0.15) is 17.2 Å². The van der Waals surface area contributed by atoms with Gasteiger partial charge in [0, 0.05) is 18.4 Å². The molecule has 0 aliphatic rings. The molecule has 0 saturated heterocycles. The van der Waals surface area contributed by atoms with E-state index in [0.717, 1.165) is 0 Å². The Hall–Kier alpha value is -2.93. The molecule has 1 atom stereocenters. The molecular weight excluding hydrogens is 351 g/mol. The van der Waals surface area contributed by atoms with Gasteiger partial charge in [-0.25, -0.2) is 4.39 Å². The molecule has 0 unspecified atom stereocenters. The summed E-state index contributed by atoms with van der Waals surface area (Å²) in [7, 11) is 1.42. The molecule has 7 heteroatoms. The van der Waals surface area contributed by atoms with Crippen LogP contribution in [0.25, 0.3) is 0 Å². The highest BCUT2D eigenvalue weighted by Crippen LogP contribution is 2.26. The van der Waals surface area contributed by atoms with Crippen LogP contribution in [-0.2, 0) is 19.9 Å². The van der Waals surface area contributed by atoms with Crippen LogP contribution in [0.1, 0.15) is 19.4 Å². The molecule has 2 rings (SSSR count). The maximum atomic E-state index is 14.0.